The van der Waals surface area contributed by atoms with Gasteiger partial charge in [-0.15, -0.1) is 0 Å². The second-order valence-corrected chi connectivity index (χ2v) is 4.33. The number of hydrogen-bond acceptors (Lipinski definition) is 1. The number of nitrogens with one attached hydrogen (secondary N) is 1. The van der Waals surface area contributed by atoms with Gasteiger partial charge < -0.3 is 10.2 Å². The molecule has 1 aliphatic heterocycles. The molecule has 0 bridgehead atoms. The summed E-state index contributed by atoms with van der Waals surface area (Å²) in [6.45, 7) is 1.72. The lowest BCUT2D eigenvalue weighted by molar-refractivity contribution is 0.242. The van der Waals surface area contributed by atoms with Gasteiger partial charge in [0, 0.05) is 18.7 Å². The summed E-state index contributed by atoms with van der Waals surface area (Å²) in [5.74, 6) is 0. The summed E-state index contributed by atoms with van der Waals surface area (Å²) in [5.41, 5.74) is 3.02. The maximum atomic E-state index is 11.8. The number of benzene rings is 2. The standard InChI is InChI=1S/C15H14N2O/c18-15(17-10-11-17)16-14-9-5-4-8-13(14)12-6-2-1-3-7-12/h1-9H,10-11H2,(H,16,18). The summed E-state index contributed by atoms with van der Waals surface area (Å²) < 4.78 is 0. The number of anilines is 1. The van der Waals surface area contributed by atoms with Gasteiger partial charge in [-0.2, -0.15) is 0 Å². The first-order chi connectivity index (χ1) is 8.84. The summed E-state index contributed by atoms with van der Waals surface area (Å²) in [6.07, 6.45) is 0. The van der Waals surface area contributed by atoms with Crippen molar-refractivity contribution in [2.45, 2.75) is 0 Å². The van der Waals surface area contributed by atoms with E-state index in [4.69, 9.17) is 0 Å². The van der Waals surface area contributed by atoms with Crippen LogP contribution in [0.2, 0.25) is 0 Å². The van der Waals surface area contributed by atoms with Crippen LogP contribution in [-0.2, 0) is 0 Å². The zero-order chi connectivity index (χ0) is 12.4. The number of hydrogen-bond donors (Lipinski definition) is 1. The van der Waals surface area contributed by atoms with Crippen LogP contribution in [0, 0.1) is 0 Å². The zero-order valence-corrected chi connectivity index (χ0v) is 9.97. The van der Waals surface area contributed by atoms with E-state index in [9.17, 15) is 4.79 Å². The molecule has 0 aromatic heterocycles. The predicted molar refractivity (Wildman–Crippen MR) is 72.5 cm³/mol. The maximum Gasteiger partial charge on any atom is 0.321 e. The van der Waals surface area contributed by atoms with Crippen molar-refractivity contribution < 1.29 is 4.79 Å². The van der Waals surface area contributed by atoms with Crippen molar-refractivity contribution in [1.29, 1.82) is 0 Å². The lowest BCUT2D eigenvalue weighted by atomic mass is 10.0. The molecule has 1 heterocycles. The minimum absolute atomic E-state index is 0.0154. The van der Waals surface area contributed by atoms with Gasteiger partial charge in [-0.05, 0) is 11.6 Å². The fraction of sp³-hybridized carbons (Fsp3) is 0.133. The van der Waals surface area contributed by atoms with Gasteiger partial charge in [0.25, 0.3) is 0 Å². The van der Waals surface area contributed by atoms with E-state index in [1.807, 2.05) is 54.6 Å². The molecule has 0 saturated carbocycles. The molecule has 1 aliphatic rings. The highest BCUT2D eigenvalue weighted by atomic mass is 16.2. The van der Waals surface area contributed by atoms with Gasteiger partial charge in [0.1, 0.15) is 0 Å². The van der Waals surface area contributed by atoms with Gasteiger partial charge in [-0.3, -0.25) is 0 Å². The van der Waals surface area contributed by atoms with E-state index in [1.54, 1.807) is 4.90 Å². The Morgan fingerprint density at radius 3 is 2.33 bits per heavy atom. The Bertz CT molecular complexity index is 562. The summed E-state index contributed by atoms with van der Waals surface area (Å²) in [6, 6.07) is 17.9. The molecular formula is C15H14N2O. The molecular weight excluding hydrogens is 224 g/mol. The lowest BCUT2D eigenvalue weighted by Gasteiger charge is -2.11. The molecule has 1 N–H and O–H groups in total. The van der Waals surface area contributed by atoms with Crippen molar-refractivity contribution in [2.24, 2.45) is 0 Å². The molecule has 2 aromatic rings. The Labute approximate surface area is 106 Å². The van der Waals surface area contributed by atoms with E-state index in [1.165, 1.54) is 0 Å². The SMILES string of the molecule is O=C(Nc1ccccc1-c1ccccc1)N1CC1. The number of urea groups is 1. The number of amides is 2. The van der Waals surface area contributed by atoms with Gasteiger partial charge in [0.15, 0.2) is 0 Å². The van der Waals surface area contributed by atoms with Crippen molar-refractivity contribution >= 4 is 11.7 Å². The van der Waals surface area contributed by atoms with Crippen LogP contribution in [0.5, 0.6) is 0 Å². The van der Waals surface area contributed by atoms with Crippen molar-refractivity contribution in [1.82, 2.24) is 4.90 Å². The van der Waals surface area contributed by atoms with Gasteiger partial charge >= 0.3 is 6.03 Å². The first-order valence-corrected chi connectivity index (χ1v) is 6.05. The molecule has 0 unspecified atom stereocenters. The minimum Gasteiger partial charge on any atom is -0.321 e. The first kappa shape index (κ1) is 10.8. The Morgan fingerprint density at radius 2 is 1.61 bits per heavy atom. The van der Waals surface area contributed by atoms with Crippen LogP contribution in [0.4, 0.5) is 10.5 Å². The predicted octanol–water partition coefficient (Wildman–Crippen LogP) is 3.20. The van der Waals surface area contributed by atoms with E-state index in [-0.39, 0.29) is 6.03 Å². The normalized spacial score (nSPS) is 13.2. The third-order valence-electron chi connectivity index (χ3n) is 2.99. The number of carbonyl (C=O) groups is 1. The first-order valence-electron chi connectivity index (χ1n) is 6.05. The van der Waals surface area contributed by atoms with Gasteiger partial charge in [-0.1, -0.05) is 48.5 Å². The number of rotatable bonds is 2. The molecule has 1 fully saturated rings. The second-order valence-electron chi connectivity index (χ2n) is 4.33. The highest BCUT2D eigenvalue weighted by Gasteiger charge is 2.24. The molecule has 2 amide bonds. The van der Waals surface area contributed by atoms with E-state index in [2.05, 4.69) is 5.32 Å². The molecule has 0 atom stereocenters. The third-order valence-corrected chi connectivity index (χ3v) is 2.99. The summed E-state index contributed by atoms with van der Waals surface area (Å²) in [4.78, 5) is 13.5. The lowest BCUT2D eigenvalue weighted by Crippen LogP contribution is -2.18. The Hall–Kier alpha value is -2.29. The van der Waals surface area contributed by atoms with Crippen LogP contribution in [-0.4, -0.2) is 24.0 Å². The number of para-hydroxylation sites is 1. The third kappa shape index (κ3) is 2.20. The minimum atomic E-state index is -0.0154. The molecule has 0 radical (unpaired) electrons. The second kappa shape index (κ2) is 4.53. The van der Waals surface area contributed by atoms with Gasteiger partial charge in [0.2, 0.25) is 0 Å². The Balaban J connectivity index is 1.92. The van der Waals surface area contributed by atoms with Crippen LogP contribution in [0.15, 0.2) is 54.6 Å². The Morgan fingerprint density at radius 1 is 0.944 bits per heavy atom. The van der Waals surface area contributed by atoms with Crippen LogP contribution in [0.3, 0.4) is 0 Å². The molecule has 3 heteroatoms. The fourth-order valence-corrected chi connectivity index (χ4v) is 1.91. The van der Waals surface area contributed by atoms with Crippen LogP contribution in [0.1, 0.15) is 0 Å². The Kier molecular flexibility index (Phi) is 2.73. The largest absolute Gasteiger partial charge is 0.321 e. The van der Waals surface area contributed by atoms with E-state index in [0.29, 0.717) is 0 Å². The van der Waals surface area contributed by atoms with E-state index in [0.717, 1.165) is 29.9 Å². The van der Waals surface area contributed by atoms with Crippen molar-refractivity contribution in [3.05, 3.63) is 54.6 Å². The average Bonchev–Trinajstić information content (AvgIpc) is 3.25. The molecule has 0 spiro atoms. The zero-order valence-electron chi connectivity index (χ0n) is 9.97. The van der Waals surface area contributed by atoms with Gasteiger partial charge in [-0.25, -0.2) is 4.79 Å². The topological polar surface area (TPSA) is 32.1 Å². The summed E-state index contributed by atoms with van der Waals surface area (Å²) in [7, 11) is 0. The van der Waals surface area contributed by atoms with Crippen LogP contribution >= 0.6 is 0 Å². The maximum absolute atomic E-state index is 11.8. The monoisotopic (exact) mass is 238 g/mol. The summed E-state index contributed by atoms with van der Waals surface area (Å²) >= 11 is 0. The molecule has 3 rings (SSSR count). The molecule has 0 aliphatic carbocycles. The smallest absolute Gasteiger partial charge is 0.321 e. The van der Waals surface area contributed by atoms with Crippen molar-refractivity contribution in [3.63, 3.8) is 0 Å². The average molecular weight is 238 g/mol. The molecule has 1 saturated heterocycles. The molecule has 3 nitrogen and oxygen atoms in total. The van der Waals surface area contributed by atoms with Gasteiger partial charge in [0.05, 0.1) is 5.69 Å². The fourth-order valence-electron chi connectivity index (χ4n) is 1.91. The molecule has 2 aromatic carbocycles. The molecule has 18 heavy (non-hydrogen) atoms. The highest BCUT2D eigenvalue weighted by Crippen LogP contribution is 2.28. The van der Waals surface area contributed by atoms with Crippen molar-refractivity contribution in [2.75, 3.05) is 18.4 Å². The van der Waals surface area contributed by atoms with E-state index >= 15 is 0 Å². The van der Waals surface area contributed by atoms with Crippen molar-refractivity contribution in [3.8, 4) is 11.1 Å². The highest BCUT2D eigenvalue weighted by molar-refractivity contribution is 5.95. The van der Waals surface area contributed by atoms with Crippen LogP contribution in [0.25, 0.3) is 11.1 Å². The van der Waals surface area contributed by atoms with Crippen LogP contribution < -0.4 is 5.32 Å². The summed E-state index contributed by atoms with van der Waals surface area (Å²) in [5, 5.41) is 2.96. The number of nitrogens with zero attached hydrogens (tertiary/aromatic N) is 1. The molecule has 90 valence electrons. The quantitative estimate of drug-likeness (QED) is 0.800. The van der Waals surface area contributed by atoms with E-state index < -0.39 is 0 Å². The number of carbonyl (C=O) groups excluding carboxylic acids is 1.